The van der Waals surface area contributed by atoms with E-state index in [2.05, 4.69) is 34.3 Å². The molecule has 1 unspecified atom stereocenters. The van der Waals surface area contributed by atoms with Crippen LogP contribution in [-0.4, -0.2) is 42.1 Å². The highest BCUT2D eigenvalue weighted by atomic mass is 15.2. The van der Waals surface area contributed by atoms with Gasteiger partial charge < -0.3 is 10.2 Å². The lowest BCUT2D eigenvalue weighted by Crippen LogP contribution is -2.33. The average Bonchev–Trinajstić information content (AvgIpc) is 2.76. The van der Waals surface area contributed by atoms with Crippen LogP contribution < -0.4 is 5.32 Å². The van der Waals surface area contributed by atoms with E-state index in [9.17, 15) is 0 Å². The number of aromatic nitrogens is 1. The summed E-state index contributed by atoms with van der Waals surface area (Å²) in [6, 6.07) is 6.85. The molecule has 1 fully saturated rings. The molecule has 3 nitrogen and oxygen atoms in total. The quantitative estimate of drug-likeness (QED) is 0.809. The van der Waals surface area contributed by atoms with Gasteiger partial charge in [-0.1, -0.05) is 13.0 Å². The second kappa shape index (κ2) is 5.97. The molecule has 2 rings (SSSR count). The lowest BCUT2D eigenvalue weighted by molar-refractivity contribution is 0.331. The van der Waals surface area contributed by atoms with Crippen molar-refractivity contribution in [2.45, 2.75) is 25.8 Å². The molecule has 16 heavy (non-hydrogen) atoms. The third-order valence-corrected chi connectivity index (χ3v) is 3.18. The van der Waals surface area contributed by atoms with Crippen molar-refractivity contribution in [1.29, 1.82) is 0 Å². The first kappa shape index (κ1) is 11.6. The van der Waals surface area contributed by atoms with Gasteiger partial charge in [0.1, 0.15) is 0 Å². The van der Waals surface area contributed by atoms with E-state index in [-0.39, 0.29) is 0 Å². The van der Waals surface area contributed by atoms with Crippen molar-refractivity contribution < 1.29 is 0 Å². The summed E-state index contributed by atoms with van der Waals surface area (Å²) < 4.78 is 0. The monoisotopic (exact) mass is 219 g/mol. The fourth-order valence-electron chi connectivity index (χ4n) is 2.31. The lowest BCUT2D eigenvalue weighted by atomic mass is 10.2. The number of hydrogen-bond acceptors (Lipinski definition) is 3. The normalized spacial score (nSPS) is 21.4. The minimum absolute atomic E-state index is 0.703. The highest BCUT2D eigenvalue weighted by molar-refractivity contribution is 5.04. The predicted octanol–water partition coefficient (Wildman–Crippen LogP) is 1.31. The molecule has 2 heterocycles. The zero-order valence-electron chi connectivity index (χ0n) is 10.0. The number of pyridine rings is 1. The van der Waals surface area contributed by atoms with Crippen molar-refractivity contribution in [2.75, 3.05) is 26.2 Å². The molecule has 0 spiro atoms. The van der Waals surface area contributed by atoms with E-state index in [0.29, 0.717) is 6.04 Å². The maximum absolute atomic E-state index is 4.35. The van der Waals surface area contributed by atoms with Crippen molar-refractivity contribution in [1.82, 2.24) is 15.2 Å². The average molecular weight is 219 g/mol. The molecule has 1 N–H and O–H groups in total. The number of nitrogens with zero attached hydrogens (tertiary/aromatic N) is 2. The number of likely N-dealkylation sites (tertiary alicyclic amines) is 1. The van der Waals surface area contributed by atoms with Crippen LogP contribution in [0.4, 0.5) is 0 Å². The predicted molar refractivity (Wildman–Crippen MR) is 66.5 cm³/mol. The smallest absolute Gasteiger partial charge is 0.0416 e. The lowest BCUT2D eigenvalue weighted by Gasteiger charge is -2.15. The number of hydrogen-bond donors (Lipinski definition) is 1. The van der Waals surface area contributed by atoms with Gasteiger partial charge in [0, 0.05) is 37.4 Å². The molecule has 1 aromatic rings. The van der Waals surface area contributed by atoms with E-state index in [1.165, 1.54) is 25.2 Å². The molecule has 88 valence electrons. The topological polar surface area (TPSA) is 28.2 Å². The molecule has 1 atom stereocenters. The molecule has 0 amide bonds. The molecular weight excluding hydrogens is 198 g/mol. The third-order valence-electron chi connectivity index (χ3n) is 3.18. The van der Waals surface area contributed by atoms with Crippen LogP contribution in [0.25, 0.3) is 0 Å². The van der Waals surface area contributed by atoms with Gasteiger partial charge in [-0.25, -0.2) is 0 Å². The van der Waals surface area contributed by atoms with Gasteiger partial charge in [0.05, 0.1) is 0 Å². The molecule has 0 saturated carbocycles. The van der Waals surface area contributed by atoms with Gasteiger partial charge >= 0.3 is 0 Å². The van der Waals surface area contributed by atoms with Gasteiger partial charge in [0.25, 0.3) is 0 Å². The summed E-state index contributed by atoms with van der Waals surface area (Å²) in [5.74, 6) is 0. The fraction of sp³-hybridized carbons (Fsp3) is 0.615. The number of nitrogens with one attached hydrogen (secondary N) is 1. The summed E-state index contributed by atoms with van der Waals surface area (Å²) >= 11 is 0. The summed E-state index contributed by atoms with van der Waals surface area (Å²) in [5.41, 5.74) is 1.20. The zero-order chi connectivity index (χ0) is 11.2. The van der Waals surface area contributed by atoms with Gasteiger partial charge in [-0.05, 0) is 31.6 Å². The molecular formula is C13H21N3. The number of rotatable bonds is 5. The Morgan fingerprint density at radius 3 is 3.19 bits per heavy atom. The van der Waals surface area contributed by atoms with Crippen molar-refractivity contribution >= 4 is 0 Å². The van der Waals surface area contributed by atoms with Crippen LogP contribution in [0.3, 0.4) is 0 Å². The summed E-state index contributed by atoms with van der Waals surface area (Å²) in [6.45, 7) is 6.82. The van der Waals surface area contributed by atoms with Crippen molar-refractivity contribution in [2.24, 2.45) is 0 Å². The Morgan fingerprint density at radius 2 is 2.44 bits per heavy atom. The SMILES string of the molecule is CCNC1CCN(CCc2ccccn2)C1. The summed E-state index contributed by atoms with van der Waals surface area (Å²) in [7, 11) is 0. The maximum Gasteiger partial charge on any atom is 0.0416 e. The molecule has 1 aromatic heterocycles. The Hall–Kier alpha value is -0.930. The first-order chi connectivity index (χ1) is 7.88. The van der Waals surface area contributed by atoms with Crippen LogP contribution in [0, 0.1) is 0 Å². The van der Waals surface area contributed by atoms with Gasteiger partial charge in [-0.15, -0.1) is 0 Å². The van der Waals surface area contributed by atoms with Crippen molar-refractivity contribution in [3.05, 3.63) is 30.1 Å². The third kappa shape index (κ3) is 3.29. The Labute approximate surface area is 97.9 Å². The molecule has 0 aromatic carbocycles. The van der Waals surface area contributed by atoms with Gasteiger partial charge in [-0.3, -0.25) is 4.98 Å². The Bertz CT molecular complexity index is 299. The van der Waals surface area contributed by atoms with Gasteiger partial charge in [-0.2, -0.15) is 0 Å². The van der Waals surface area contributed by atoms with Crippen molar-refractivity contribution in [3.63, 3.8) is 0 Å². The van der Waals surface area contributed by atoms with E-state index >= 15 is 0 Å². The van der Waals surface area contributed by atoms with Crippen LogP contribution in [0.15, 0.2) is 24.4 Å². The van der Waals surface area contributed by atoms with Crippen molar-refractivity contribution in [3.8, 4) is 0 Å². The largest absolute Gasteiger partial charge is 0.313 e. The summed E-state index contributed by atoms with van der Waals surface area (Å²) in [5, 5.41) is 3.52. The first-order valence-corrected chi connectivity index (χ1v) is 6.24. The molecule has 0 radical (unpaired) electrons. The van der Waals surface area contributed by atoms with Crippen LogP contribution >= 0.6 is 0 Å². The van der Waals surface area contributed by atoms with Gasteiger partial charge in [0.2, 0.25) is 0 Å². The standard InChI is InChI=1S/C13H21N3/c1-2-14-13-7-10-16(11-13)9-6-12-5-3-4-8-15-12/h3-5,8,13-14H,2,6-7,9-11H2,1H3. The van der Waals surface area contributed by atoms with Gasteiger partial charge in [0.15, 0.2) is 0 Å². The Kier molecular flexibility index (Phi) is 4.31. The highest BCUT2D eigenvalue weighted by Crippen LogP contribution is 2.09. The second-order valence-corrected chi connectivity index (χ2v) is 4.41. The van der Waals surface area contributed by atoms with Crippen LogP contribution in [-0.2, 0) is 6.42 Å². The fourth-order valence-corrected chi connectivity index (χ4v) is 2.31. The summed E-state index contributed by atoms with van der Waals surface area (Å²) in [4.78, 5) is 6.88. The second-order valence-electron chi connectivity index (χ2n) is 4.41. The maximum atomic E-state index is 4.35. The molecule has 0 bridgehead atoms. The molecule has 3 heteroatoms. The first-order valence-electron chi connectivity index (χ1n) is 6.24. The van der Waals surface area contributed by atoms with E-state index in [1.54, 1.807) is 0 Å². The van der Waals surface area contributed by atoms with E-state index in [0.717, 1.165) is 19.5 Å². The minimum Gasteiger partial charge on any atom is -0.313 e. The van der Waals surface area contributed by atoms with E-state index in [1.807, 2.05) is 12.3 Å². The van der Waals surface area contributed by atoms with Crippen LogP contribution in [0.5, 0.6) is 0 Å². The summed E-state index contributed by atoms with van der Waals surface area (Å²) in [6.07, 6.45) is 4.23. The molecule has 0 aliphatic carbocycles. The van der Waals surface area contributed by atoms with E-state index < -0.39 is 0 Å². The van der Waals surface area contributed by atoms with Crippen LogP contribution in [0.1, 0.15) is 19.0 Å². The number of likely N-dealkylation sites (N-methyl/N-ethyl adjacent to an activating group) is 1. The van der Waals surface area contributed by atoms with Crippen LogP contribution in [0.2, 0.25) is 0 Å². The minimum atomic E-state index is 0.703. The highest BCUT2D eigenvalue weighted by Gasteiger charge is 2.20. The Morgan fingerprint density at radius 1 is 1.50 bits per heavy atom. The molecule has 1 aliphatic rings. The Balaban J connectivity index is 1.72. The molecule has 1 aliphatic heterocycles. The zero-order valence-corrected chi connectivity index (χ0v) is 10.0. The molecule has 1 saturated heterocycles. The van der Waals surface area contributed by atoms with E-state index in [4.69, 9.17) is 0 Å².